The molecule has 1 fully saturated rings. The molecule has 0 spiro atoms. The van der Waals surface area contributed by atoms with Gasteiger partial charge in [-0.15, -0.1) is 10.2 Å². The van der Waals surface area contributed by atoms with Gasteiger partial charge >= 0.3 is 5.82 Å². The summed E-state index contributed by atoms with van der Waals surface area (Å²) in [7, 11) is 0. The van der Waals surface area contributed by atoms with Crippen LogP contribution in [0.5, 0.6) is 0 Å². The molecule has 4 rings (SSSR count). The molecule has 0 saturated heterocycles. The first kappa shape index (κ1) is 14.6. The fourth-order valence-corrected chi connectivity index (χ4v) is 4.26. The Labute approximate surface area is 139 Å². The van der Waals surface area contributed by atoms with Crippen LogP contribution < -0.4 is 0 Å². The summed E-state index contributed by atoms with van der Waals surface area (Å²) in [4.78, 5) is 16.0. The van der Waals surface area contributed by atoms with Crippen molar-refractivity contribution in [2.24, 2.45) is 0 Å². The van der Waals surface area contributed by atoms with Crippen LogP contribution in [0.3, 0.4) is 0 Å². The Morgan fingerprint density at radius 2 is 2.22 bits per heavy atom. The van der Waals surface area contributed by atoms with Crippen molar-refractivity contribution < 1.29 is 4.92 Å². The summed E-state index contributed by atoms with van der Waals surface area (Å²) in [6.07, 6.45) is 3.87. The number of nitrogens with zero attached hydrogens (tertiary/aromatic N) is 6. The molecule has 3 heterocycles. The van der Waals surface area contributed by atoms with Crippen LogP contribution in [-0.4, -0.2) is 29.1 Å². The molecule has 8 nitrogen and oxygen atoms in total. The molecule has 0 atom stereocenters. The number of fused-ring (bicyclic) bond motifs is 1. The van der Waals surface area contributed by atoms with Gasteiger partial charge in [0.05, 0.1) is 0 Å². The van der Waals surface area contributed by atoms with E-state index in [1.165, 1.54) is 27.5 Å². The molecule has 0 radical (unpaired) electrons. The van der Waals surface area contributed by atoms with E-state index < -0.39 is 4.92 Å². The van der Waals surface area contributed by atoms with Crippen LogP contribution in [0.1, 0.15) is 44.5 Å². The molecule has 120 valence electrons. The number of imidazole rings is 1. The summed E-state index contributed by atoms with van der Waals surface area (Å²) in [5, 5.41) is 22.8. The highest BCUT2D eigenvalue weighted by Crippen LogP contribution is 2.43. The van der Waals surface area contributed by atoms with Crippen molar-refractivity contribution in [3.8, 4) is 0 Å². The average Bonchev–Trinajstić information content (AvgIpc) is 2.92. The second-order valence-corrected chi connectivity index (χ2v) is 7.58. The summed E-state index contributed by atoms with van der Waals surface area (Å²) in [6, 6.07) is 0.410. The molecule has 0 bridgehead atoms. The normalized spacial score (nSPS) is 14.9. The zero-order chi connectivity index (χ0) is 16.1. The van der Waals surface area contributed by atoms with Gasteiger partial charge in [-0.05, 0) is 29.5 Å². The standard InChI is InChI=1S/C13H14N6O2S2/c1-7(2)9-15-16-13(18(9)8-3-4-8)23-10-11(19(20)21)17-5-6-22-12(17)14-10/h5-8H,3-4H2,1-2H3. The molecule has 1 saturated carbocycles. The van der Waals surface area contributed by atoms with Crippen LogP contribution >= 0.6 is 23.1 Å². The molecule has 3 aromatic heterocycles. The SMILES string of the molecule is CC(C)c1nnc(Sc2nc3sccn3c2[N+](=O)[O-])n1C1CC1. The molecule has 0 aromatic carbocycles. The Balaban J connectivity index is 1.78. The molecular weight excluding hydrogens is 336 g/mol. The molecule has 0 unspecified atom stereocenters. The molecule has 1 aliphatic rings. The highest BCUT2D eigenvalue weighted by atomic mass is 32.2. The molecule has 0 N–H and O–H groups in total. The number of aromatic nitrogens is 5. The minimum atomic E-state index is -0.393. The average molecular weight is 350 g/mol. The van der Waals surface area contributed by atoms with Crippen LogP contribution in [0.25, 0.3) is 4.96 Å². The number of rotatable bonds is 5. The van der Waals surface area contributed by atoms with E-state index in [0.717, 1.165) is 18.7 Å². The maximum atomic E-state index is 11.4. The van der Waals surface area contributed by atoms with E-state index >= 15 is 0 Å². The van der Waals surface area contributed by atoms with Gasteiger partial charge in [-0.3, -0.25) is 0 Å². The monoisotopic (exact) mass is 350 g/mol. The fourth-order valence-electron chi connectivity index (χ4n) is 2.50. The highest BCUT2D eigenvalue weighted by molar-refractivity contribution is 7.99. The first-order valence-electron chi connectivity index (χ1n) is 7.29. The predicted octanol–water partition coefficient (Wildman–Crippen LogP) is 3.51. The van der Waals surface area contributed by atoms with Gasteiger partial charge in [-0.25, -0.2) is 0 Å². The van der Waals surface area contributed by atoms with Gasteiger partial charge in [0.2, 0.25) is 5.03 Å². The van der Waals surface area contributed by atoms with E-state index in [4.69, 9.17) is 0 Å². The molecule has 0 amide bonds. The number of hydrogen-bond acceptors (Lipinski definition) is 7. The van der Waals surface area contributed by atoms with E-state index in [0.29, 0.717) is 21.2 Å². The molecular formula is C13H14N6O2S2. The predicted molar refractivity (Wildman–Crippen MR) is 86.2 cm³/mol. The van der Waals surface area contributed by atoms with E-state index in [1.54, 1.807) is 11.6 Å². The maximum absolute atomic E-state index is 11.4. The second kappa shape index (κ2) is 5.31. The lowest BCUT2D eigenvalue weighted by Crippen LogP contribution is -2.04. The zero-order valence-corrected chi connectivity index (χ0v) is 14.2. The van der Waals surface area contributed by atoms with Crippen molar-refractivity contribution in [2.45, 2.75) is 48.8 Å². The van der Waals surface area contributed by atoms with Crippen LogP contribution in [0.2, 0.25) is 0 Å². The van der Waals surface area contributed by atoms with Crippen molar-refractivity contribution in [3.63, 3.8) is 0 Å². The Morgan fingerprint density at radius 1 is 1.43 bits per heavy atom. The molecule has 1 aliphatic carbocycles. The lowest BCUT2D eigenvalue weighted by molar-refractivity contribution is -0.393. The van der Waals surface area contributed by atoms with Gasteiger partial charge in [-0.2, -0.15) is 9.38 Å². The Kier molecular flexibility index (Phi) is 3.38. The zero-order valence-electron chi connectivity index (χ0n) is 12.5. The Morgan fingerprint density at radius 3 is 2.87 bits per heavy atom. The van der Waals surface area contributed by atoms with E-state index in [1.807, 2.05) is 0 Å². The molecule has 23 heavy (non-hydrogen) atoms. The molecule has 3 aromatic rings. The van der Waals surface area contributed by atoms with Crippen molar-refractivity contribution in [1.82, 2.24) is 24.1 Å². The minimum absolute atomic E-state index is 0.0114. The summed E-state index contributed by atoms with van der Waals surface area (Å²) in [5.41, 5.74) is 0. The molecule has 10 heteroatoms. The summed E-state index contributed by atoms with van der Waals surface area (Å²) in [6.45, 7) is 4.15. The Bertz CT molecular complexity index is 892. The summed E-state index contributed by atoms with van der Waals surface area (Å²) < 4.78 is 3.63. The quantitative estimate of drug-likeness (QED) is 0.516. The molecule has 0 aliphatic heterocycles. The summed E-state index contributed by atoms with van der Waals surface area (Å²) in [5.74, 6) is 1.18. The van der Waals surface area contributed by atoms with Crippen LogP contribution in [-0.2, 0) is 0 Å². The summed E-state index contributed by atoms with van der Waals surface area (Å²) >= 11 is 2.60. The van der Waals surface area contributed by atoms with Gasteiger partial charge in [-0.1, -0.05) is 25.2 Å². The van der Waals surface area contributed by atoms with E-state index in [-0.39, 0.29) is 11.7 Å². The van der Waals surface area contributed by atoms with Crippen molar-refractivity contribution in [2.75, 3.05) is 0 Å². The van der Waals surface area contributed by atoms with Crippen LogP contribution in [0.15, 0.2) is 21.8 Å². The fraction of sp³-hybridized carbons (Fsp3) is 0.462. The van der Waals surface area contributed by atoms with Crippen molar-refractivity contribution >= 4 is 33.9 Å². The lowest BCUT2D eigenvalue weighted by Gasteiger charge is -2.09. The van der Waals surface area contributed by atoms with E-state index in [9.17, 15) is 10.1 Å². The number of hydrogen-bond donors (Lipinski definition) is 0. The topological polar surface area (TPSA) is 91.2 Å². The lowest BCUT2D eigenvalue weighted by atomic mass is 10.2. The second-order valence-electron chi connectivity index (χ2n) is 5.75. The first-order chi connectivity index (χ1) is 11.1. The largest absolute Gasteiger partial charge is 0.363 e. The van der Waals surface area contributed by atoms with E-state index in [2.05, 4.69) is 33.6 Å². The smallest absolute Gasteiger partial charge is 0.358 e. The van der Waals surface area contributed by atoms with Crippen LogP contribution in [0.4, 0.5) is 5.82 Å². The third-order valence-electron chi connectivity index (χ3n) is 3.69. The maximum Gasteiger partial charge on any atom is 0.363 e. The van der Waals surface area contributed by atoms with Gasteiger partial charge in [0.1, 0.15) is 12.0 Å². The highest BCUT2D eigenvalue weighted by Gasteiger charge is 2.33. The van der Waals surface area contributed by atoms with Crippen LogP contribution in [0, 0.1) is 10.1 Å². The van der Waals surface area contributed by atoms with Gasteiger partial charge in [0.15, 0.2) is 5.16 Å². The first-order valence-corrected chi connectivity index (χ1v) is 8.98. The van der Waals surface area contributed by atoms with Crippen molar-refractivity contribution in [1.29, 1.82) is 0 Å². The van der Waals surface area contributed by atoms with Gasteiger partial charge < -0.3 is 14.7 Å². The number of nitro groups is 1. The van der Waals surface area contributed by atoms with Gasteiger partial charge in [0, 0.05) is 17.3 Å². The third-order valence-corrected chi connectivity index (χ3v) is 5.37. The number of thiazole rings is 1. The van der Waals surface area contributed by atoms with Crippen molar-refractivity contribution in [3.05, 3.63) is 27.5 Å². The minimum Gasteiger partial charge on any atom is -0.358 e. The third kappa shape index (κ3) is 2.41. The van der Waals surface area contributed by atoms with Gasteiger partial charge in [0.25, 0.3) is 4.96 Å². The Hall–Kier alpha value is -1.94.